The largest absolute Gasteiger partial charge is 0.460 e. The first-order valence-electron chi connectivity index (χ1n) is 6.11. The van der Waals surface area contributed by atoms with Crippen molar-refractivity contribution < 1.29 is 44.6 Å². The molecule has 0 aliphatic heterocycles. The maximum Gasteiger partial charge on any atom is 0.460 e. The van der Waals surface area contributed by atoms with Gasteiger partial charge >= 0.3 is 23.9 Å². The number of aliphatic hydroxyl groups excluding tert-OH is 1. The van der Waals surface area contributed by atoms with Gasteiger partial charge in [-0.05, 0) is 24.7 Å². The number of hydrogen-bond acceptors (Lipinski definition) is 1. The molecular formula is C11H12F9IO. The van der Waals surface area contributed by atoms with Crippen LogP contribution in [-0.4, -0.2) is 39.6 Å². The molecule has 0 aromatic heterocycles. The SMILES string of the molecule is OC1C[C@H](CI)[C@H](CC(F)(F)C(F)(F)C(F)(F)C(F)(F)F)C1. The third-order valence-corrected chi connectivity index (χ3v) is 4.87. The van der Waals surface area contributed by atoms with Gasteiger partial charge in [0.15, 0.2) is 0 Å². The van der Waals surface area contributed by atoms with Crippen molar-refractivity contribution in [3.05, 3.63) is 0 Å². The third-order valence-electron chi connectivity index (χ3n) is 3.74. The zero-order valence-corrected chi connectivity index (χ0v) is 12.9. The average Bonchev–Trinajstić information content (AvgIpc) is 2.66. The van der Waals surface area contributed by atoms with Crippen LogP contribution in [0.15, 0.2) is 0 Å². The standard InChI is InChI=1S/C11H12F9IO/c12-8(13,3-5-1-7(22)2-6(5)4-21)9(14,15)10(16,17)11(18,19)20/h5-7,22H,1-4H2/t5-,6+,7?/m0/s1. The Labute approximate surface area is 133 Å². The molecule has 0 spiro atoms. The van der Waals surface area contributed by atoms with Crippen molar-refractivity contribution in [1.29, 1.82) is 0 Å². The smallest absolute Gasteiger partial charge is 0.393 e. The summed E-state index contributed by atoms with van der Waals surface area (Å²) in [6, 6.07) is 0. The Bertz CT molecular complexity index is 396. The number of halogens is 10. The molecule has 0 bridgehead atoms. The molecule has 1 N–H and O–H groups in total. The quantitative estimate of drug-likeness (QED) is 0.361. The summed E-state index contributed by atoms with van der Waals surface area (Å²) in [6.45, 7) is 0. The summed E-state index contributed by atoms with van der Waals surface area (Å²) in [4.78, 5) is 0. The van der Waals surface area contributed by atoms with Crippen LogP contribution in [0.3, 0.4) is 0 Å². The molecule has 0 saturated heterocycles. The number of aliphatic hydroxyl groups is 1. The molecule has 1 nitrogen and oxygen atoms in total. The van der Waals surface area contributed by atoms with E-state index in [1.54, 1.807) is 22.6 Å². The molecule has 132 valence electrons. The highest BCUT2D eigenvalue weighted by Crippen LogP contribution is 2.55. The van der Waals surface area contributed by atoms with E-state index in [1.807, 2.05) is 0 Å². The van der Waals surface area contributed by atoms with Crippen molar-refractivity contribution in [3.63, 3.8) is 0 Å². The minimum Gasteiger partial charge on any atom is -0.393 e. The summed E-state index contributed by atoms with van der Waals surface area (Å²) in [5, 5.41) is 9.33. The van der Waals surface area contributed by atoms with Crippen LogP contribution in [0.25, 0.3) is 0 Å². The monoisotopic (exact) mass is 458 g/mol. The highest BCUT2D eigenvalue weighted by Gasteiger charge is 2.81. The van der Waals surface area contributed by atoms with Gasteiger partial charge in [-0.15, -0.1) is 0 Å². The van der Waals surface area contributed by atoms with Gasteiger partial charge in [0, 0.05) is 10.8 Å². The fourth-order valence-corrected chi connectivity index (χ4v) is 3.56. The number of alkyl halides is 10. The second kappa shape index (κ2) is 6.17. The summed E-state index contributed by atoms with van der Waals surface area (Å²) in [5.74, 6) is -20.9. The minimum atomic E-state index is -6.85. The van der Waals surface area contributed by atoms with E-state index in [0.29, 0.717) is 0 Å². The molecule has 1 unspecified atom stereocenters. The Kier molecular flexibility index (Phi) is 5.64. The van der Waals surface area contributed by atoms with Crippen molar-refractivity contribution in [2.24, 2.45) is 11.8 Å². The van der Waals surface area contributed by atoms with E-state index in [9.17, 15) is 44.6 Å². The molecule has 1 aliphatic carbocycles. The van der Waals surface area contributed by atoms with E-state index in [1.165, 1.54) is 0 Å². The van der Waals surface area contributed by atoms with E-state index >= 15 is 0 Å². The Morgan fingerprint density at radius 2 is 1.27 bits per heavy atom. The molecule has 0 radical (unpaired) electrons. The van der Waals surface area contributed by atoms with Crippen LogP contribution in [0.2, 0.25) is 0 Å². The maximum absolute atomic E-state index is 13.5. The van der Waals surface area contributed by atoms with Crippen molar-refractivity contribution in [2.75, 3.05) is 4.43 Å². The lowest BCUT2D eigenvalue weighted by atomic mass is 9.87. The normalized spacial score (nSPS) is 28.2. The molecule has 0 aromatic carbocycles. The summed E-state index contributed by atoms with van der Waals surface area (Å²) in [6.07, 6.45) is -10.0. The van der Waals surface area contributed by atoms with Gasteiger partial charge in [-0.1, -0.05) is 22.6 Å². The molecule has 3 atom stereocenters. The van der Waals surface area contributed by atoms with Crippen molar-refractivity contribution in [1.82, 2.24) is 0 Å². The number of hydrogen-bond donors (Lipinski definition) is 1. The van der Waals surface area contributed by atoms with Gasteiger partial charge in [-0.3, -0.25) is 0 Å². The van der Waals surface area contributed by atoms with Crippen LogP contribution in [-0.2, 0) is 0 Å². The fraction of sp³-hybridized carbons (Fsp3) is 1.00. The summed E-state index contributed by atoms with van der Waals surface area (Å²) in [5.41, 5.74) is 0. The molecule has 11 heteroatoms. The summed E-state index contributed by atoms with van der Waals surface area (Å²) in [7, 11) is 0. The van der Waals surface area contributed by atoms with Crippen LogP contribution >= 0.6 is 22.6 Å². The fourth-order valence-electron chi connectivity index (χ4n) is 2.48. The zero-order valence-electron chi connectivity index (χ0n) is 10.8. The predicted molar refractivity (Wildman–Crippen MR) is 66.6 cm³/mol. The molecule has 22 heavy (non-hydrogen) atoms. The van der Waals surface area contributed by atoms with Gasteiger partial charge in [0.05, 0.1) is 6.10 Å². The van der Waals surface area contributed by atoms with Crippen molar-refractivity contribution in [2.45, 2.75) is 49.3 Å². The van der Waals surface area contributed by atoms with Gasteiger partial charge in [-0.25, -0.2) is 0 Å². The Balaban J connectivity index is 3.02. The van der Waals surface area contributed by atoms with Crippen molar-refractivity contribution in [3.8, 4) is 0 Å². The predicted octanol–water partition coefficient (Wildman–Crippen LogP) is 4.67. The lowest BCUT2D eigenvalue weighted by molar-refractivity contribution is -0.398. The highest BCUT2D eigenvalue weighted by atomic mass is 127. The third kappa shape index (κ3) is 3.44. The lowest BCUT2D eigenvalue weighted by Gasteiger charge is -2.35. The molecule has 1 fully saturated rings. The maximum atomic E-state index is 13.5. The number of rotatable bonds is 5. The van der Waals surface area contributed by atoms with Gasteiger partial charge in [-0.2, -0.15) is 39.5 Å². The average molecular weight is 458 g/mol. The molecule has 0 heterocycles. The second-order valence-electron chi connectivity index (χ2n) is 5.35. The summed E-state index contributed by atoms with van der Waals surface area (Å²) >= 11 is 1.74. The minimum absolute atomic E-state index is 0.0188. The van der Waals surface area contributed by atoms with Crippen LogP contribution in [0.4, 0.5) is 39.5 Å². The van der Waals surface area contributed by atoms with E-state index in [0.717, 1.165) is 0 Å². The first-order chi connectivity index (χ1) is 9.67. The first-order valence-corrected chi connectivity index (χ1v) is 7.64. The topological polar surface area (TPSA) is 20.2 Å². The first kappa shape index (κ1) is 20.1. The van der Waals surface area contributed by atoms with Crippen LogP contribution in [0.1, 0.15) is 19.3 Å². The Morgan fingerprint density at radius 1 is 0.818 bits per heavy atom. The van der Waals surface area contributed by atoms with Crippen LogP contribution in [0.5, 0.6) is 0 Å². The van der Waals surface area contributed by atoms with E-state index in [4.69, 9.17) is 0 Å². The van der Waals surface area contributed by atoms with Gasteiger partial charge < -0.3 is 5.11 Å². The molecule has 0 aromatic rings. The molecule has 1 aliphatic rings. The molecule has 1 rings (SSSR count). The highest BCUT2D eigenvalue weighted by molar-refractivity contribution is 14.1. The molecule has 0 amide bonds. The van der Waals surface area contributed by atoms with Gasteiger partial charge in [0.25, 0.3) is 0 Å². The zero-order chi connectivity index (χ0) is 17.6. The van der Waals surface area contributed by atoms with E-state index in [-0.39, 0.29) is 17.3 Å². The van der Waals surface area contributed by atoms with E-state index in [2.05, 4.69) is 0 Å². The lowest BCUT2D eigenvalue weighted by Crippen LogP contribution is -2.61. The Hall–Kier alpha value is 0.0600. The van der Waals surface area contributed by atoms with Crippen LogP contribution < -0.4 is 0 Å². The molecule has 1 saturated carbocycles. The van der Waals surface area contributed by atoms with E-state index < -0.39 is 48.3 Å². The van der Waals surface area contributed by atoms with Gasteiger partial charge in [0.2, 0.25) is 0 Å². The van der Waals surface area contributed by atoms with Crippen molar-refractivity contribution >= 4 is 22.6 Å². The second-order valence-corrected chi connectivity index (χ2v) is 6.24. The Morgan fingerprint density at radius 3 is 1.68 bits per heavy atom. The van der Waals surface area contributed by atoms with Gasteiger partial charge in [0.1, 0.15) is 0 Å². The van der Waals surface area contributed by atoms with Crippen LogP contribution in [0, 0.1) is 11.8 Å². The molecular weight excluding hydrogens is 446 g/mol. The summed E-state index contributed by atoms with van der Waals surface area (Å²) < 4.78 is 115.